The van der Waals surface area contributed by atoms with E-state index in [9.17, 15) is 9.90 Å². The molecule has 150 valence electrons. The first kappa shape index (κ1) is 23.5. The van der Waals surface area contributed by atoms with Gasteiger partial charge in [-0.1, -0.05) is 75.4 Å². The van der Waals surface area contributed by atoms with E-state index in [4.69, 9.17) is 0 Å². The maximum atomic E-state index is 12.7. The Balaban J connectivity index is 2.77. The monoisotopic (exact) mass is 389 g/mol. The molecule has 2 unspecified atom stereocenters. The fourth-order valence-electron chi connectivity index (χ4n) is 2.99. The van der Waals surface area contributed by atoms with Gasteiger partial charge in [-0.05, 0) is 49.1 Å². The Hall–Kier alpha value is -1.52. The molecule has 0 radical (unpaired) electrons. The molecule has 0 aliphatic carbocycles. The van der Waals surface area contributed by atoms with Gasteiger partial charge >= 0.3 is 0 Å². The number of nitrogens with one attached hydrogen (secondary N) is 1. The maximum absolute atomic E-state index is 12.7. The predicted molar refractivity (Wildman–Crippen MR) is 118 cm³/mol. The fraction of sp³-hybridized carbons (Fsp3) is 0.522. The Morgan fingerprint density at radius 3 is 2.33 bits per heavy atom. The molecule has 3 nitrogen and oxygen atoms in total. The molecule has 0 aliphatic heterocycles. The lowest BCUT2D eigenvalue weighted by Crippen LogP contribution is -2.36. The highest BCUT2D eigenvalue weighted by Gasteiger charge is 2.26. The average Bonchev–Trinajstić information content (AvgIpc) is 2.67. The van der Waals surface area contributed by atoms with Crippen LogP contribution in [0.25, 0.3) is 4.91 Å². The van der Waals surface area contributed by atoms with Gasteiger partial charge < -0.3 is 10.4 Å². The minimum Gasteiger partial charge on any atom is -0.393 e. The average molecular weight is 390 g/mol. The largest absolute Gasteiger partial charge is 0.393 e. The Morgan fingerprint density at radius 1 is 1.22 bits per heavy atom. The summed E-state index contributed by atoms with van der Waals surface area (Å²) in [5.74, 6) is 0.142. The minimum atomic E-state index is -0.418. The van der Waals surface area contributed by atoms with Crippen molar-refractivity contribution in [2.24, 2.45) is 11.8 Å². The highest BCUT2D eigenvalue weighted by molar-refractivity contribution is 8.10. The number of aliphatic hydroxyl groups excluding tert-OH is 1. The summed E-state index contributed by atoms with van der Waals surface area (Å²) in [5, 5.41) is 14.9. The number of benzene rings is 1. The smallest absolute Gasteiger partial charge is 0.223 e. The van der Waals surface area contributed by atoms with Crippen LogP contribution >= 0.6 is 11.8 Å². The number of thioether (sulfide) groups is 1. The number of hydrogen-bond acceptors (Lipinski definition) is 3. The second-order valence-corrected chi connectivity index (χ2v) is 8.30. The summed E-state index contributed by atoms with van der Waals surface area (Å²) in [7, 11) is 0. The zero-order valence-corrected chi connectivity index (χ0v) is 18.2. The van der Waals surface area contributed by atoms with Gasteiger partial charge in [-0.3, -0.25) is 4.79 Å². The second-order valence-electron chi connectivity index (χ2n) is 7.32. The Kier molecular flexibility index (Phi) is 10.5. The van der Waals surface area contributed by atoms with Gasteiger partial charge in [-0.15, -0.1) is 0 Å². The SMILES string of the molecule is C=CSC(=C(C)C)c1ccc(CNC(=O)C(C[C@@H](O)CC)C(C)CC)cc1. The lowest BCUT2D eigenvalue weighted by molar-refractivity contribution is -0.128. The van der Waals surface area contributed by atoms with Gasteiger partial charge in [0.2, 0.25) is 5.91 Å². The summed E-state index contributed by atoms with van der Waals surface area (Å²) in [6.45, 7) is 14.6. The van der Waals surface area contributed by atoms with E-state index in [-0.39, 0.29) is 17.7 Å². The molecular formula is C23H35NO2S. The third-order valence-electron chi connectivity index (χ3n) is 5.00. The van der Waals surface area contributed by atoms with E-state index in [0.717, 1.165) is 12.0 Å². The van der Waals surface area contributed by atoms with Crippen molar-refractivity contribution in [2.45, 2.75) is 66.5 Å². The van der Waals surface area contributed by atoms with Crippen molar-refractivity contribution in [3.63, 3.8) is 0 Å². The molecule has 0 saturated carbocycles. The van der Waals surface area contributed by atoms with E-state index in [1.165, 1.54) is 16.0 Å². The van der Waals surface area contributed by atoms with E-state index in [0.29, 0.717) is 19.4 Å². The molecule has 0 spiro atoms. The molecule has 0 saturated heterocycles. The van der Waals surface area contributed by atoms with Crippen molar-refractivity contribution in [3.05, 3.63) is 53.0 Å². The van der Waals surface area contributed by atoms with Crippen molar-refractivity contribution < 1.29 is 9.90 Å². The van der Waals surface area contributed by atoms with Crippen molar-refractivity contribution in [2.75, 3.05) is 0 Å². The van der Waals surface area contributed by atoms with Crippen LogP contribution in [-0.4, -0.2) is 17.1 Å². The van der Waals surface area contributed by atoms with Crippen molar-refractivity contribution in [1.29, 1.82) is 0 Å². The highest BCUT2D eigenvalue weighted by atomic mass is 32.2. The quantitative estimate of drug-likeness (QED) is 0.506. The van der Waals surface area contributed by atoms with Crippen molar-refractivity contribution in [3.8, 4) is 0 Å². The predicted octanol–water partition coefficient (Wildman–Crippen LogP) is 5.75. The molecule has 2 N–H and O–H groups in total. The number of aliphatic hydroxyl groups is 1. The molecule has 1 aromatic rings. The van der Waals surface area contributed by atoms with Gasteiger partial charge in [0.25, 0.3) is 0 Å². The molecule has 0 fully saturated rings. The normalized spacial score (nSPS) is 14.1. The van der Waals surface area contributed by atoms with Gasteiger partial charge in [0.1, 0.15) is 0 Å². The summed E-state index contributed by atoms with van der Waals surface area (Å²) >= 11 is 1.63. The van der Waals surface area contributed by atoms with Crippen LogP contribution in [0, 0.1) is 11.8 Å². The van der Waals surface area contributed by atoms with Crippen LogP contribution in [0.4, 0.5) is 0 Å². The standard InChI is InChI=1S/C23H35NO2S/c1-7-17(6)21(14-20(25)8-2)23(26)24-15-18-10-12-19(13-11-18)22(16(4)5)27-9-3/h9-13,17,20-21,25H,3,7-8,14-15H2,1-2,4-6H3,(H,24,26)/t17?,20-,21?/m0/s1. The van der Waals surface area contributed by atoms with Crippen molar-refractivity contribution >= 4 is 22.6 Å². The minimum absolute atomic E-state index is 0.0353. The van der Waals surface area contributed by atoms with E-state index in [2.05, 4.69) is 63.9 Å². The third kappa shape index (κ3) is 7.55. The van der Waals surface area contributed by atoms with Crippen LogP contribution in [0.1, 0.15) is 65.0 Å². The topological polar surface area (TPSA) is 49.3 Å². The summed E-state index contributed by atoms with van der Waals surface area (Å²) in [4.78, 5) is 13.9. The van der Waals surface area contributed by atoms with Crippen LogP contribution in [0.2, 0.25) is 0 Å². The molecular weight excluding hydrogens is 354 g/mol. The zero-order valence-electron chi connectivity index (χ0n) is 17.4. The molecule has 3 atom stereocenters. The maximum Gasteiger partial charge on any atom is 0.223 e. The van der Waals surface area contributed by atoms with Crippen LogP contribution in [-0.2, 0) is 11.3 Å². The van der Waals surface area contributed by atoms with Gasteiger partial charge in [0.15, 0.2) is 0 Å². The number of hydrogen-bond donors (Lipinski definition) is 2. The van der Waals surface area contributed by atoms with Crippen LogP contribution in [0.3, 0.4) is 0 Å². The van der Waals surface area contributed by atoms with Crippen LogP contribution < -0.4 is 5.32 Å². The first-order valence-corrected chi connectivity index (χ1v) is 10.7. The molecule has 4 heteroatoms. The molecule has 1 rings (SSSR count). The van der Waals surface area contributed by atoms with Gasteiger partial charge in [-0.25, -0.2) is 0 Å². The highest BCUT2D eigenvalue weighted by Crippen LogP contribution is 2.31. The zero-order chi connectivity index (χ0) is 20.4. The fourth-order valence-corrected chi connectivity index (χ4v) is 3.67. The molecule has 1 aromatic carbocycles. The number of amides is 1. The summed E-state index contributed by atoms with van der Waals surface area (Å²) in [5.41, 5.74) is 3.49. The van der Waals surface area contributed by atoms with E-state index >= 15 is 0 Å². The molecule has 0 heterocycles. The molecule has 0 aliphatic rings. The summed E-state index contributed by atoms with van der Waals surface area (Å²) in [6.07, 6.45) is 1.71. The molecule has 0 bridgehead atoms. The lowest BCUT2D eigenvalue weighted by Gasteiger charge is -2.24. The van der Waals surface area contributed by atoms with Crippen LogP contribution in [0.15, 0.2) is 41.8 Å². The first-order chi connectivity index (χ1) is 12.8. The van der Waals surface area contributed by atoms with E-state index < -0.39 is 6.10 Å². The van der Waals surface area contributed by atoms with Gasteiger partial charge in [-0.2, -0.15) is 0 Å². The first-order valence-electron chi connectivity index (χ1n) is 9.84. The lowest BCUT2D eigenvalue weighted by atomic mass is 9.85. The Bertz CT molecular complexity index is 632. The van der Waals surface area contributed by atoms with Crippen LogP contribution in [0.5, 0.6) is 0 Å². The number of carbonyl (C=O) groups excluding carboxylic acids is 1. The third-order valence-corrected chi connectivity index (χ3v) is 6.05. The van der Waals surface area contributed by atoms with Gasteiger partial charge in [0, 0.05) is 17.4 Å². The Labute approximate surface area is 169 Å². The molecule has 0 aromatic heterocycles. The van der Waals surface area contributed by atoms with E-state index in [1.807, 2.05) is 12.3 Å². The number of allylic oxidation sites excluding steroid dienone is 1. The Morgan fingerprint density at radius 2 is 1.85 bits per heavy atom. The number of rotatable bonds is 11. The van der Waals surface area contributed by atoms with E-state index in [1.54, 1.807) is 11.8 Å². The second kappa shape index (κ2) is 12.0. The number of carbonyl (C=O) groups is 1. The summed E-state index contributed by atoms with van der Waals surface area (Å²) < 4.78 is 0. The summed E-state index contributed by atoms with van der Waals surface area (Å²) in [6, 6.07) is 8.29. The van der Waals surface area contributed by atoms with Crippen molar-refractivity contribution in [1.82, 2.24) is 5.32 Å². The molecule has 27 heavy (non-hydrogen) atoms. The molecule has 1 amide bonds. The van der Waals surface area contributed by atoms with Gasteiger partial charge in [0.05, 0.1) is 6.10 Å².